The van der Waals surface area contributed by atoms with Crippen molar-refractivity contribution in [1.82, 2.24) is 0 Å². The molecule has 2 aliphatic carbocycles. The fourth-order valence-corrected chi connectivity index (χ4v) is 4.99. The summed E-state index contributed by atoms with van der Waals surface area (Å²) >= 11 is -1.23. The normalized spacial score (nSPS) is 41.6. The van der Waals surface area contributed by atoms with Gasteiger partial charge in [-0.25, -0.2) is 0 Å². The van der Waals surface area contributed by atoms with Crippen LogP contribution in [0.25, 0.3) is 0 Å². The van der Waals surface area contributed by atoms with Crippen molar-refractivity contribution in [3.05, 3.63) is 12.2 Å². The number of allylic oxidation sites excluding steroid dienone is 2. The molecule has 3 heteroatoms. The first-order valence-corrected chi connectivity index (χ1v) is 7.21. The number of rotatable bonds is 2. The zero-order valence-corrected chi connectivity index (χ0v) is 8.77. The van der Waals surface area contributed by atoms with Gasteiger partial charge in [0.25, 0.3) is 0 Å². The molecule has 1 saturated carbocycles. The van der Waals surface area contributed by atoms with E-state index in [4.69, 9.17) is 13.0 Å². The van der Waals surface area contributed by atoms with Gasteiger partial charge in [0.05, 0.1) is 0 Å². The molecule has 1 nitrogen and oxygen atoms in total. The van der Waals surface area contributed by atoms with Crippen molar-refractivity contribution in [2.45, 2.75) is 23.2 Å². The fourth-order valence-electron chi connectivity index (χ4n) is 1.94. The van der Waals surface area contributed by atoms with E-state index in [1.54, 1.807) is 7.11 Å². The third-order valence-corrected chi connectivity index (χ3v) is 7.25. The first-order chi connectivity index (χ1) is 5.27. The predicted octanol–water partition coefficient (Wildman–Crippen LogP) is 2.85. The minimum absolute atomic E-state index is 0.298. The van der Waals surface area contributed by atoms with Crippen LogP contribution in [0.3, 0.4) is 0 Å². The van der Waals surface area contributed by atoms with Crippen molar-refractivity contribution in [3.8, 4) is 0 Å². The van der Waals surface area contributed by atoms with Crippen molar-refractivity contribution in [3.63, 3.8) is 0 Å². The van der Waals surface area contributed by atoms with E-state index in [0.717, 1.165) is 5.92 Å². The van der Waals surface area contributed by atoms with E-state index in [-0.39, 0.29) is 0 Å². The van der Waals surface area contributed by atoms with Crippen molar-refractivity contribution in [2.24, 2.45) is 5.92 Å². The molecule has 2 aliphatic rings. The number of hydrogen-bond acceptors (Lipinski definition) is 1. The monoisotopic (exact) mass is 265 g/mol. The SMILES string of the molecule is C[O][Pd]([Cl])[C]12C=CC(CC1)C2. The second kappa shape index (κ2) is 2.85. The van der Waals surface area contributed by atoms with Crippen molar-refractivity contribution in [2.75, 3.05) is 7.11 Å². The van der Waals surface area contributed by atoms with Crippen LogP contribution in [0.4, 0.5) is 0 Å². The molecule has 67 valence electrons. The van der Waals surface area contributed by atoms with Gasteiger partial charge in [0.1, 0.15) is 0 Å². The first kappa shape index (κ1) is 8.26. The van der Waals surface area contributed by atoms with Gasteiger partial charge in [-0.05, 0) is 0 Å². The molecular weight excluding hydrogens is 254 g/mol. The van der Waals surface area contributed by atoms with Gasteiger partial charge in [-0.2, -0.15) is 0 Å². The Balaban J connectivity index is 2.17. The van der Waals surface area contributed by atoms with Crippen LogP contribution in [0.1, 0.15) is 19.3 Å². The molecule has 0 heterocycles. The van der Waals surface area contributed by atoms with Crippen molar-refractivity contribution in [1.29, 1.82) is 0 Å². The summed E-state index contributed by atoms with van der Waals surface area (Å²) in [5.74, 6) is 0.813. The van der Waals surface area contributed by atoms with Crippen LogP contribution in [0.2, 0.25) is 3.89 Å². The van der Waals surface area contributed by atoms with Gasteiger partial charge in [-0.3, -0.25) is 0 Å². The van der Waals surface area contributed by atoms with Crippen LogP contribution in [-0.2, 0) is 19.6 Å². The molecule has 0 aromatic rings. The van der Waals surface area contributed by atoms with Crippen LogP contribution in [-0.4, -0.2) is 7.11 Å². The second-order valence-electron chi connectivity index (χ2n) is 3.14. The van der Waals surface area contributed by atoms with Gasteiger partial charge in [0.2, 0.25) is 0 Å². The molecule has 0 spiro atoms. The van der Waals surface area contributed by atoms with E-state index in [0.29, 0.717) is 3.89 Å². The summed E-state index contributed by atoms with van der Waals surface area (Å²) in [7, 11) is 7.94. The van der Waals surface area contributed by atoms with Gasteiger partial charge < -0.3 is 0 Å². The molecule has 2 unspecified atom stereocenters. The van der Waals surface area contributed by atoms with Crippen LogP contribution in [0.15, 0.2) is 12.2 Å². The van der Waals surface area contributed by atoms with E-state index in [2.05, 4.69) is 12.2 Å². The number of hydrogen-bond donors (Lipinski definition) is 0. The van der Waals surface area contributed by atoms with E-state index < -0.39 is 16.1 Å². The summed E-state index contributed by atoms with van der Waals surface area (Å²) in [4.78, 5) is 0. The summed E-state index contributed by atoms with van der Waals surface area (Å²) in [6.07, 6.45) is 8.46. The van der Waals surface area contributed by atoms with Gasteiger partial charge in [-0.15, -0.1) is 0 Å². The molecule has 0 aromatic heterocycles. The first-order valence-electron chi connectivity index (χ1n) is 3.79. The third-order valence-electron chi connectivity index (χ3n) is 2.52. The molecule has 0 aromatic carbocycles. The number of halogens is 1. The van der Waals surface area contributed by atoms with Gasteiger partial charge >= 0.3 is 77.4 Å². The maximum atomic E-state index is 6.20. The topological polar surface area (TPSA) is 9.23 Å². The molecule has 0 radical (unpaired) electrons. The second-order valence-corrected chi connectivity index (χ2v) is 7.46. The Morgan fingerprint density at radius 2 is 2.55 bits per heavy atom. The third kappa shape index (κ3) is 1.21. The van der Waals surface area contributed by atoms with Crippen molar-refractivity contribution >= 4 is 9.53 Å². The Morgan fingerprint density at radius 1 is 1.73 bits per heavy atom. The standard InChI is InChI=1S/C7H9.CH3O.ClH.Pd/c1-2-7-4-3-6(1)5-7;1-2;;/h1-2,6H,3-5H2;1H3;1H;/q;-1;;+2/p-1. The average molecular weight is 266 g/mol. The molecule has 2 bridgehead atoms. The molecule has 11 heavy (non-hydrogen) atoms. The Morgan fingerprint density at radius 3 is 2.91 bits per heavy atom. The molecule has 0 saturated heterocycles. The van der Waals surface area contributed by atoms with Gasteiger partial charge in [0.15, 0.2) is 0 Å². The summed E-state index contributed by atoms with van der Waals surface area (Å²) in [5.41, 5.74) is 0. The van der Waals surface area contributed by atoms with E-state index >= 15 is 0 Å². The van der Waals surface area contributed by atoms with Crippen LogP contribution < -0.4 is 0 Å². The molecule has 1 fully saturated rings. The molecule has 0 aliphatic heterocycles. The molecule has 0 amide bonds. The molecule has 2 rings (SSSR count). The van der Waals surface area contributed by atoms with E-state index in [9.17, 15) is 0 Å². The fraction of sp³-hybridized carbons (Fsp3) is 0.750. The Kier molecular flexibility index (Phi) is 2.14. The van der Waals surface area contributed by atoms with Gasteiger partial charge in [-0.1, -0.05) is 0 Å². The maximum absolute atomic E-state index is 6.20. The Labute approximate surface area is 77.5 Å². The Hall–Kier alpha value is 0.652. The quantitative estimate of drug-likeness (QED) is 0.551. The summed E-state index contributed by atoms with van der Waals surface area (Å²) < 4.78 is 5.58. The van der Waals surface area contributed by atoms with E-state index in [1.165, 1.54) is 19.3 Å². The molecular formula is C8H12ClOPd. The summed E-state index contributed by atoms with van der Waals surface area (Å²) in [6.45, 7) is 0. The minimum atomic E-state index is -1.23. The number of fused-ring (bicyclic) bond motifs is 2. The van der Waals surface area contributed by atoms with Crippen molar-refractivity contribution < 1.29 is 19.6 Å². The average Bonchev–Trinajstić information content (AvgIpc) is 2.62. The Bertz CT molecular complexity index is 195. The summed E-state index contributed by atoms with van der Waals surface area (Å²) in [5, 5.41) is 0. The zero-order valence-electron chi connectivity index (χ0n) is 6.46. The zero-order chi connectivity index (χ0) is 7.90. The van der Waals surface area contributed by atoms with Crippen LogP contribution in [0, 0.1) is 5.92 Å². The van der Waals surface area contributed by atoms with Crippen LogP contribution >= 0.6 is 9.53 Å². The van der Waals surface area contributed by atoms with Crippen LogP contribution in [0.5, 0.6) is 0 Å². The van der Waals surface area contributed by atoms with Gasteiger partial charge in [0, 0.05) is 0 Å². The molecule has 0 N–H and O–H groups in total. The summed E-state index contributed by atoms with van der Waals surface area (Å²) in [6, 6.07) is 0. The predicted molar refractivity (Wildman–Crippen MR) is 42.0 cm³/mol. The van der Waals surface area contributed by atoms with E-state index in [1.807, 2.05) is 0 Å². The molecule has 2 atom stereocenters.